The fourth-order valence-corrected chi connectivity index (χ4v) is 5.00. The molecule has 0 fully saturated rings. The van der Waals surface area contributed by atoms with Crippen molar-refractivity contribution in [3.63, 3.8) is 0 Å². The Balaban J connectivity index is 1.60. The van der Waals surface area contributed by atoms with Crippen molar-refractivity contribution in [3.8, 4) is 22.9 Å². The number of rotatable bonds is 4. The zero-order valence-electron chi connectivity index (χ0n) is 18.7. The van der Waals surface area contributed by atoms with Crippen LogP contribution in [0, 0.1) is 0 Å². The Kier molecular flexibility index (Phi) is 4.63. The maximum atomic E-state index is 13.5. The summed E-state index contributed by atoms with van der Waals surface area (Å²) in [4.78, 5) is 42.5. The number of fused-ring (bicyclic) bond motifs is 6. The average molecular weight is 479 g/mol. The normalized spacial score (nSPS) is 19.2. The second-order valence-electron chi connectivity index (χ2n) is 8.68. The Hall–Kier alpha value is -3.96. The summed E-state index contributed by atoms with van der Waals surface area (Å²) < 4.78 is 17.7. The quantitative estimate of drug-likeness (QED) is 0.354. The van der Waals surface area contributed by atoms with E-state index in [0.717, 1.165) is 0 Å². The summed E-state index contributed by atoms with van der Waals surface area (Å²) in [6, 6.07) is 5.15. The number of pyridine rings is 2. The third-order valence-electron chi connectivity index (χ3n) is 6.91. The van der Waals surface area contributed by atoms with E-state index in [0.29, 0.717) is 44.9 Å². The van der Waals surface area contributed by atoms with E-state index in [2.05, 4.69) is 5.32 Å². The van der Waals surface area contributed by atoms with E-state index < -0.39 is 24.1 Å². The van der Waals surface area contributed by atoms with E-state index in [-0.39, 0.29) is 49.6 Å². The molecule has 0 saturated heterocycles. The summed E-state index contributed by atoms with van der Waals surface area (Å²) in [6.07, 6.45) is 0.0433. The zero-order valence-corrected chi connectivity index (χ0v) is 18.7. The molecular weight excluding hydrogens is 458 g/mol. The topological polar surface area (TPSA) is 149 Å². The first-order valence-corrected chi connectivity index (χ1v) is 11.2. The van der Waals surface area contributed by atoms with Gasteiger partial charge in [0.1, 0.15) is 13.2 Å². The molecular formula is C24H21N3O8. The van der Waals surface area contributed by atoms with Gasteiger partial charge in [0.05, 0.1) is 29.0 Å². The molecule has 3 aliphatic rings. The van der Waals surface area contributed by atoms with Gasteiger partial charge in [0, 0.05) is 29.1 Å². The summed E-state index contributed by atoms with van der Waals surface area (Å²) in [7, 11) is 0. The van der Waals surface area contributed by atoms with Crippen LogP contribution < -0.4 is 20.3 Å². The number of aliphatic hydroxyl groups is 2. The number of carbonyl (C=O) groups excluding carboxylic acids is 2. The predicted octanol–water partition coefficient (Wildman–Crippen LogP) is 0.417. The number of hydrogen-bond donors (Lipinski definition) is 3. The Bertz CT molecular complexity index is 1510. The van der Waals surface area contributed by atoms with Gasteiger partial charge in [0.15, 0.2) is 17.1 Å². The molecule has 0 saturated carbocycles. The SMILES string of the molecule is CC[C@@]1(O)C(=O)OCc2c1cc1n(c2=O)Cc2c-1nc1cc3c(cc1c2CNC(=O)CO)OCO3. The van der Waals surface area contributed by atoms with Gasteiger partial charge in [-0.3, -0.25) is 9.59 Å². The molecule has 0 spiro atoms. The van der Waals surface area contributed by atoms with E-state index in [1.54, 1.807) is 25.1 Å². The Morgan fingerprint density at radius 2 is 1.94 bits per heavy atom. The highest BCUT2D eigenvalue weighted by atomic mass is 16.7. The van der Waals surface area contributed by atoms with Crippen LogP contribution in [0.1, 0.15) is 35.6 Å². The number of aromatic nitrogens is 2. The van der Waals surface area contributed by atoms with Gasteiger partial charge in [0.2, 0.25) is 12.7 Å². The van der Waals surface area contributed by atoms with Crippen LogP contribution in [0.15, 0.2) is 23.0 Å². The number of nitrogens with zero attached hydrogens (tertiary/aromatic N) is 2. The lowest BCUT2D eigenvalue weighted by molar-refractivity contribution is -0.172. The van der Waals surface area contributed by atoms with Crippen molar-refractivity contribution in [1.29, 1.82) is 0 Å². The third kappa shape index (κ3) is 2.98. The number of esters is 1. The fourth-order valence-electron chi connectivity index (χ4n) is 5.00. The highest BCUT2D eigenvalue weighted by Crippen LogP contribution is 2.43. The maximum absolute atomic E-state index is 13.5. The molecule has 2 aromatic heterocycles. The smallest absolute Gasteiger partial charge is 0.343 e. The van der Waals surface area contributed by atoms with Crippen LogP contribution in [0.2, 0.25) is 0 Å². The van der Waals surface area contributed by atoms with Crippen molar-refractivity contribution >= 4 is 22.8 Å². The van der Waals surface area contributed by atoms with Gasteiger partial charge in [-0.1, -0.05) is 6.92 Å². The van der Waals surface area contributed by atoms with Crippen molar-refractivity contribution in [2.75, 3.05) is 13.4 Å². The number of aliphatic hydroxyl groups excluding tert-OH is 1. The van der Waals surface area contributed by atoms with Gasteiger partial charge >= 0.3 is 5.97 Å². The van der Waals surface area contributed by atoms with Gasteiger partial charge in [0.25, 0.3) is 5.56 Å². The summed E-state index contributed by atoms with van der Waals surface area (Å²) in [5.74, 6) is -0.266. The summed E-state index contributed by atoms with van der Waals surface area (Å²) in [6.45, 7) is 1.11. The molecule has 35 heavy (non-hydrogen) atoms. The molecule has 1 aromatic carbocycles. The molecule has 1 atom stereocenters. The molecule has 5 heterocycles. The Morgan fingerprint density at radius 3 is 2.69 bits per heavy atom. The van der Waals surface area contributed by atoms with E-state index in [1.165, 1.54) is 4.57 Å². The molecule has 11 heteroatoms. The number of ether oxygens (including phenoxy) is 3. The van der Waals surface area contributed by atoms with Gasteiger partial charge in [-0.05, 0) is 24.1 Å². The number of carbonyl (C=O) groups is 2. The lowest BCUT2D eigenvalue weighted by atomic mass is 9.86. The van der Waals surface area contributed by atoms with Crippen LogP contribution in [0.4, 0.5) is 0 Å². The van der Waals surface area contributed by atoms with Crippen LogP contribution in [0.3, 0.4) is 0 Å². The average Bonchev–Trinajstić information content (AvgIpc) is 3.47. The lowest BCUT2D eigenvalue weighted by Gasteiger charge is -2.31. The molecule has 0 unspecified atom stereocenters. The number of hydrogen-bond acceptors (Lipinski definition) is 9. The molecule has 6 rings (SSSR count). The molecule has 3 aliphatic heterocycles. The molecule has 0 bridgehead atoms. The predicted molar refractivity (Wildman–Crippen MR) is 120 cm³/mol. The van der Waals surface area contributed by atoms with E-state index >= 15 is 0 Å². The third-order valence-corrected chi connectivity index (χ3v) is 6.91. The number of amides is 1. The highest BCUT2D eigenvalue weighted by Gasteiger charge is 2.45. The Morgan fingerprint density at radius 1 is 1.17 bits per heavy atom. The van der Waals surface area contributed by atoms with E-state index in [9.17, 15) is 24.6 Å². The van der Waals surface area contributed by atoms with Crippen molar-refractivity contribution in [3.05, 3.63) is 50.8 Å². The summed E-state index contributed by atoms with van der Waals surface area (Å²) in [5, 5.41) is 23.6. The van der Waals surface area contributed by atoms with Crippen LogP contribution in [0.25, 0.3) is 22.3 Å². The first-order valence-electron chi connectivity index (χ1n) is 11.2. The zero-order chi connectivity index (χ0) is 24.5. The summed E-state index contributed by atoms with van der Waals surface area (Å²) >= 11 is 0. The first kappa shape index (κ1) is 21.6. The second-order valence-corrected chi connectivity index (χ2v) is 8.68. The summed E-state index contributed by atoms with van der Waals surface area (Å²) in [5.41, 5.74) is 1.09. The second kappa shape index (κ2) is 7.52. The van der Waals surface area contributed by atoms with Crippen molar-refractivity contribution in [1.82, 2.24) is 14.9 Å². The van der Waals surface area contributed by atoms with Gasteiger partial charge in [-0.15, -0.1) is 0 Å². The fraction of sp³-hybridized carbons (Fsp3) is 0.333. The van der Waals surface area contributed by atoms with Gasteiger partial charge in [-0.25, -0.2) is 9.78 Å². The van der Waals surface area contributed by atoms with Crippen molar-refractivity contribution in [2.45, 2.75) is 38.6 Å². The maximum Gasteiger partial charge on any atom is 0.343 e. The van der Waals surface area contributed by atoms with E-state index in [1.807, 2.05) is 0 Å². The molecule has 3 N–H and O–H groups in total. The van der Waals surface area contributed by atoms with Crippen LogP contribution in [0.5, 0.6) is 11.5 Å². The largest absolute Gasteiger partial charge is 0.458 e. The molecule has 0 radical (unpaired) electrons. The molecule has 1 amide bonds. The molecule has 3 aromatic rings. The molecule has 0 aliphatic carbocycles. The molecule has 11 nitrogen and oxygen atoms in total. The minimum Gasteiger partial charge on any atom is -0.458 e. The van der Waals surface area contributed by atoms with Gasteiger partial charge < -0.3 is 34.3 Å². The monoisotopic (exact) mass is 479 g/mol. The lowest BCUT2D eigenvalue weighted by Crippen LogP contribution is -2.44. The standard InChI is InChI=1S/C24H21N3O8/c1-2-24(32)15-4-17-21-13(7-27(17)22(30)14(15)9-33-23(24)31)12(6-25-20(29)8-28)11-3-18-19(35-10-34-18)5-16(11)26-21/h3-5,28,32H,2,6-10H2,1H3,(H,25,29)/t24-/m0/s1. The number of cyclic esters (lactones) is 1. The van der Waals surface area contributed by atoms with Crippen molar-refractivity contribution in [2.24, 2.45) is 0 Å². The van der Waals surface area contributed by atoms with Crippen LogP contribution >= 0.6 is 0 Å². The van der Waals surface area contributed by atoms with Crippen molar-refractivity contribution < 1.29 is 34.0 Å². The Labute approximate surface area is 197 Å². The van der Waals surface area contributed by atoms with E-state index in [4.69, 9.17) is 19.2 Å². The first-order chi connectivity index (χ1) is 16.9. The minimum absolute atomic E-state index is 0.0433. The number of benzene rings is 1. The molecule has 180 valence electrons. The highest BCUT2D eigenvalue weighted by molar-refractivity contribution is 5.91. The van der Waals surface area contributed by atoms with Gasteiger partial charge in [-0.2, -0.15) is 0 Å². The van der Waals surface area contributed by atoms with Crippen LogP contribution in [-0.2, 0) is 39.6 Å². The minimum atomic E-state index is -1.92. The number of nitrogens with one attached hydrogen (secondary N) is 1. The van der Waals surface area contributed by atoms with Crippen LogP contribution in [-0.4, -0.2) is 45.0 Å².